The van der Waals surface area contributed by atoms with Gasteiger partial charge < -0.3 is 14.0 Å². The zero-order valence-corrected chi connectivity index (χ0v) is 16.2. The lowest BCUT2D eigenvalue weighted by Crippen LogP contribution is -2.36. The van der Waals surface area contributed by atoms with Crippen molar-refractivity contribution < 1.29 is 24.0 Å². The molecule has 1 aliphatic carbocycles. The predicted octanol–water partition coefficient (Wildman–Crippen LogP) is 2.05. The molecule has 1 aromatic heterocycles. The maximum absolute atomic E-state index is 12.9. The molecule has 0 saturated carbocycles. The highest BCUT2D eigenvalue weighted by atomic mass is 16.7. The Bertz CT molecular complexity index is 1080. The number of hydrogen-bond acceptors (Lipinski definition) is 7. The summed E-state index contributed by atoms with van der Waals surface area (Å²) in [7, 11) is 1.58. The molecular weight excluding hydrogens is 378 g/mol. The molecule has 0 spiro atoms. The number of nitrogens with zero attached hydrogens (tertiary/aromatic N) is 3. The van der Waals surface area contributed by atoms with E-state index < -0.39 is 10.7 Å². The van der Waals surface area contributed by atoms with Gasteiger partial charge in [-0.1, -0.05) is 24.3 Å². The number of benzene rings is 1. The number of ketones is 2. The molecule has 4 rings (SSSR count). The van der Waals surface area contributed by atoms with Crippen LogP contribution in [0.1, 0.15) is 51.8 Å². The number of allylic oxidation sites excluding steroid dienone is 1. The molecule has 0 N–H and O–H groups in total. The second kappa shape index (κ2) is 6.71. The SMILES string of the molecule is Cn1c(CC(=C2COC(C)(C)OC2)[N+](=O)[O-])nc2c1C(=O)c1ccccc1C2=O. The van der Waals surface area contributed by atoms with Gasteiger partial charge in [-0.05, 0) is 13.8 Å². The number of aromatic nitrogens is 2. The van der Waals surface area contributed by atoms with E-state index in [9.17, 15) is 19.7 Å². The van der Waals surface area contributed by atoms with Crippen molar-refractivity contribution in [2.45, 2.75) is 26.1 Å². The van der Waals surface area contributed by atoms with Crippen molar-refractivity contribution in [3.05, 3.63) is 74.0 Å². The molecule has 1 aromatic carbocycles. The summed E-state index contributed by atoms with van der Waals surface area (Å²) in [5.41, 5.74) is 1.06. The predicted molar refractivity (Wildman–Crippen MR) is 100 cm³/mol. The molecule has 150 valence electrons. The average molecular weight is 397 g/mol. The molecular formula is C20H19N3O6. The van der Waals surface area contributed by atoms with E-state index in [1.54, 1.807) is 45.2 Å². The van der Waals surface area contributed by atoms with Gasteiger partial charge in [0, 0.05) is 18.2 Å². The molecule has 0 atom stereocenters. The van der Waals surface area contributed by atoms with Crippen LogP contribution in [0, 0.1) is 10.1 Å². The van der Waals surface area contributed by atoms with Gasteiger partial charge in [0.25, 0.3) is 5.70 Å². The molecule has 9 heteroatoms. The number of rotatable bonds is 3. The van der Waals surface area contributed by atoms with Crippen molar-refractivity contribution in [1.82, 2.24) is 9.55 Å². The summed E-state index contributed by atoms with van der Waals surface area (Å²) >= 11 is 0. The van der Waals surface area contributed by atoms with Crippen molar-refractivity contribution in [3.8, 4) is 0 Å². The first-order valence-corrected chi connectivity index (χ1v) is 9.07. The summed E-state index contributed by atoms with van der Waals surface area (Å²) in [6, 6.07) is 6.54. The highest BCUT2D eigenvalue weighted by Crippen LogP contribution is 2.29. The van der Waals surface area contributed by atoms with E-state index in [-0.39, 0.29) is 54.1 Å². The normalized spacial score (nSPS) is 17.7. The second-order valence-corrected chi connectivity index (χ2v) is 7.45. The van der Waals surface area contributed by atoms with Crippen LogP contribution in [0.25, 0.3) is 0 Å². The molecule has 0 bridgehead atoms. The van der Waals surface area contributed by atoms with E-state index in [0.29, 0.717) is 16.7 Å². The first kappa shape index (κ1) is 19.2. The summed E-state index contributed by atoms with van der Waals surface area (Å²) in [4.78, 5) is 41.2. The molecule has 1 aliphatic heterocycles. The lowest BCUT2D eigenvalue weighted by Gasteiger charge is -2.31. The summed E-state index contributed by atoms with van der Waals surface area (Å²) in [6.45, 7) is 3.60. The highest BCUT2D eigenvalue weighted by molar-refractivity contribution is 6.27. The maximum Gasteiger partial charge on any atom is 0.257 e. The van der Waals surface area contributed by atoms with Crippen molar-refractivity contribution in [3.63, 3.8) is 0 Å². The van der Waals surface area contributed by atoms with E-state index in [4.69, 9.17) is 9.47 Å². The Kier molecular flexibility index (Phi) is 4.44. The monoisotopic (exact) mass is 397 g/mol. The van der Waals surface area contributed by atoms with Crippen LogP contribution in [0.2, 0.25) is 0 Å². The Hall–Kier alpha value is -3.17. The molecule has 0 unspecified atom stereocenters. The van der Waals surface area contributed by atoms with E-state index in [1.807, 2.05) is 0 Å². The zero-order chi connectivity index (χ0) is 20.9. The number of hydrogen-bond donors (Lipinski definition) is 0. The third-order valence-corrected chi connectivity index (χ3v) is 5.18. The van der Waals surface area contributed by atoms with Gasteiger partial charge in [0.2, 0.25) is 11.6 Å². The topological polar surface area (TPSA) is 114 Å². The highest BCUT2D eigenvalue weighted by Gasteiger charge is 2.36. The first-order valence-electron chi connectivity index (χ1n) is 9.07. The van der Waals surface area contributed by atoms with Gasteiger partial charge in [-0.3, -0.25) is 19.7 Å². The fourth-order valence-corrected chi connectivity index (χ4v) is 3.50. The fraction of sp³-hybridized carbons (Fsp3) is 0.350. The molecule has 2 heterocycles. The lowest BCUT2D eigenvalue weighted by atomic mass is 9.90. The van der Waals surface area contributed by atoms with Crippen LogP contribution < -0.4 is 0 Å². The number of carbonyl (C=O) groups is 2. The fourth-order valence-electron chi connectivity index (χ4n) is 3.50. The number of nitro groups is 1. The Labute approximate surface area is 166 Å². The maximum atomic E-state index is 12.9. The largest absolute Gasteiger partial charge is 0.346 e. The summed E-state index contributed by atoms with van der Waals surface area (Å²) < 4.78 is 12.5. The zero-order valence-electron chi connectivity index (χ0n) is 16.2. The number of imidazole rings is 1. The van der Waals surface area contributed by atoms with Gasteiger partial charge in [0.1, 0.15) is 17.2 Å². The molecule has 2 aromatic rings. The van der Waals surface area contributed by atoms with Gasteiger partial charge in [-0.2, -0.15) is 0 Å². The molecule has 0 amide bonds. The van der Waals surface area contributed by atoms with Gasteiger partial charge >= 0.3 is 0 Å². The van der Waals surface area contributed by atoms with Crippen LogP contribution >= 0.6 is 0 Å². The minimum absolute atomic E-state index is 0.0242. The first-order chi connectivity index (χ1) is 13.7. The van der Waals surface area contributed by atoms with Crippen LogP contribution in [0.5, 0.6) is 0 Å². The van der Waals surface area contributed by atoms with E-state index in [0.717, 1.165) is 0 Å². The van der Waals surface area contributed by atoms with Gasteiger partial charge in [-0.25, -0.2) is 4.98 Å². The molecule has 1 saturated heterocycles. The minimum atomic E-state index is -0.807. The quantitative estimate of drug-likeness (QED) is 0.491. The average Bonchev–Trinajstić information content (AvgIpc) is 3.01. The third kappa shape index (κ3) is 3.18. The van der Waals surface area contributed by atoms with Crippen LogP contribution in [0.4, 0.5) is 0 Å². The van der Waals surface area contributed by atoms with Crippen molar-refractivity contribution in [2.24, 2.45) is 7.05 Å². The number of fused-ring (bicyclic) bond motifs is 2. The Morgan fingerprint density at radius 2 is 1.76 bits per heavy atom. The smallest absolute Gasteiger partial charge is 0.257 e. The molecule has 29 heavy (non-hydrogen) atoms. The summed E-state index contributed by atoms with van der Waals surface area (Å²) in [5.74, 6) is -1.23. The van der Waals surface area contributed by atoms with E-state index in [1.165, 1.54) is 4.57 Å². The second-order valence-electron chi connectivity index (χ2n) is 7.45. The Morgan fingerprint density at radius 3 is 2.34 bits per heavy atom. The molecule has 9 nitrogen and oxygen atoms in total. The van der Waals surface area contributed by atoms with E-state index in [2.05, 4.69) is 4.98 Å². The Morgan fingerprint density at radius 1 is 1.17 bits per heavy atom. The number of ether oxygens (including phenoxy) is 2. The van der Waals surface area contributed by atoms with Gasteiger partial charge in [0.15, 0.2) is 5.79 Å². The van der Waals surface area contributed by atoms with Crippen molar-refractivity contribution in [2.75, 3.05) is 13.2 Å². The Balaban J connectivity index is 1.73. The van der Waals surface area contributed by atoms with Gasteiger partial charge in [0.05, 0.1) is 30.1 Å². The van der Waals surface area contributed by atoms with Gasteiger partial charge in [-0.15, -0.1) is 0 Å². The van der Waals surface area contributed by atoms with Crippen LogP contribution in [0.15, 0.2) is 35.5 Å². The number of carbonyl (C=O) groups excluding carboxylic acids is 2. The third-order valence-electron chi connectivity index (χ3n) is 5.18. The summed E-state index contributed by atoms with van der Waals surface area (Å²) in [5, 5.41) is 11.7. The molecule has 1 fully saturated rings. The van der Waals surface area contributed by atoms with Crippen LogP contribution in [0.3, 0.4) is 0 Å². The lowest BCUT2D eigenvalue weighted by molar-refractivity contribution is -0.430. The van der Waals surface area contributed by atoms with Crippen LogP contribution in [-0.2, 0) is 22.9 Å². The molecule has 0 radical (unpaired) electrons. The minimum Gasteiger partial charge on any atom is -0.346 e. The van der Waals surface area contributed by atoms with E-state index >= 15 is 0 Å². The standard InChI is InChI=1S/C20H19N3O6/c1-20(2)28-9-11(10-29-20)14(23(26)27)8-15-21-16-17(22(15)3)19(25)13-7-5-4-6-12(13)18(16)24/h4-7H,8-10H2,1-3H3. The summed E-state index contributed by atoms with van der Waals surface area (Å²) in [6.07, 6.45) is -0.157. The van der Waals surface area contributed by atoms with Crippen molar-refractivity contribution in [1.29, 1.82) is 0 Å². The molecule has 2 aliphatic rings. The van der Waals surface area contributed by atoms with Crippen LogP contribution in [-0.4, -0.2) is 45.0 Å². The van der Waals surface area contributed by atoms with Crippen molar-refractivity contribution >= 4 is 11.6 Å².